The molecule has 0 spiro atoms. The van der Waals surface area contributed by atoms with Crippen molar-refractivity contribution < 1.29 is 4.79 Å². The molecule has 0 saturated carbocycles. The minimum atomic E-state index is -0.103. The van der Waals surface area contributed by atoms with E-state index in [1.54, 1.807) is 17.5 Å². The summed E-state index contributed by atoms with van der Waals surface area (Å²) in [7, 11) is 0. The lowest BCUT2D eigenvalue weighted by atomic mass is 10.1. The first-order chi connectivity index (χ1) is 13.0. The molecule has 4 rings (SSSR count). The minimum Gasteiger partial charge on any atom is -0.301 e. The molecule has 27 heavy (non-hydrogen) atoms. The van der Waals surface area contributed by atoms with E-state index in [0.29, 0.717) is 10.3 Å². The summed E-state index contributed by atoms with van der Waals surface area (Å²) in [6, 6.07) is 6.40. The average molecular weight is 416 g/mol. The summed E-state index contributed by atoms with van der Waals surface area (Å²) >= 11 is 4.38. The molecular weight excluding hydrogens is 398 g/mol. The molecule has 0 atom stereocenters. The molecule has 0 radical (unpaired) electrons. The van der Waals surface area contributed by atoms with E-state index in [4.69, 9.17) is 0 Å². The Kier molecular flexibility index (Phi) is 4.98. The van der Waals surface area contributed by atoms with Gasteiger partial charge in [0.05, 0.1) is 11.4 Å². The number of rotatable bonds is 5. The van der Waals surface area contributed by atoms with Crippen LogP contribution in [0.25, 0.3) is 16.2 Å². The van der Waals surface area contributed by atoms with Gasteiger partial charge in [-0.3, -0.25) is 9.20 Å². The second-order valence-corrected chi connectivity index (χ2v) is 9.15. The van der Waals surface area contributed by atoms with Crippen molar-refractivity contribution in [2.45, 2.75) is 25.9 Å². The maximum absolute atomic E-state index is 12.2. The van der Waals surface area contributed by atoms with E-state index < -0.39 is 0 Å². The van der Waals surface area contributed by atoms with E-state index >= 15 is 0 Å². The van der Waals surface area contributed by atoms with Crippen LogP contribution in [-0.2, 0) is 4.79 Å². The Balaban J connectivity index is 1.55. The van der Waals surface area contributed by atoms with Crippen molar-refractivity contribution in [2.24, 2.45) is 0 Å². The fourth-order valence-electron chi connectivity index (χ4n) is 2.59. The van der Waals surface area contributed by atoms with Crippen LogP contribution in [0, 0.1) is 20.8 Å². The Morgan fingerprint density at radius 1 is 1.22 bits per heavy atom. The molecule has 3 aromatic heterocycles. The predicted octanol–water partition coefficient (Wildman–Crippen LogP) is 4.57. The lowest BCUT2D eigenvalue weighted by molar-refractivity contribution is -0.113. The van der Waals surface area contributed by atoms with Crippen LogP contribution >= 0.6 is 34.4 Å². The highest BCUT2D eigenvalue weighted by atomic mass is 32.2. The van der Waals surface area contributed by atoms with Crippen LogP contribution in [0.3, 0.4) is 0 Å². The second-order valence-electron chi connectivity index (χ2n) is 6.13. The Hall–Kier alpha value is -2.23. The number of fused-ring (bicyclic) bond motifs is 1. The third-order valence-electron chi connectivity index (χ3n) is 4.12. The van der Waals surface area contributed by atoms with Crippen LogP contribution in [0.5, 0.6) is 0 Å². The highest BCUT2D eigenvalue weighted by molar-refractivity contribution is 7.99. The van der Waals surface area contributed by atoms with Crippen molar-refractivity contribution in [3.63, 3.8) is 0 Å². The zero-order valence-corrected chi connectivity index (χ0v) is 17.5. The normalized spacial score (nSPS) is 11.2. The molecule has 0 unspecified atom stereocenters. The van der Waals surface area contributed by atoms with Crippen molar-refractivity contribution in [2.75, 3.05) is 11.1 Å². The quantitative estimate of drug-likeness (QED) is 0.483. The van der Waals surface area contributed by atoms with Gasteiger partial charge in [0.1, 0.15) is 0 Å². The summed E-state index contributed by atoms with van der Waals surface area (Å²) in [5, 5.41) is 14.7. The number of nitrogens with one attached hydrogen (secondary N) is 1. The summed E-state index contributed by atoms with van der Waals surface area (Å²) in [5.74, 6) is 0.149. The molecule has 138 valence electrons. The summed E-state index contributed by atoms with van der Waals surface area (Å²) in [6.45, 7) is 6.17. The van der Waals surface area contributed by atoms with Gasteiger partial charge in [-0.25, -0.2) is 4.98 Å². The van der Waals surface area contributed by atoms with Crippen molar-refractivity contribution in [1.82, 2.24) is 19.6 Å². The van der Waals surface area contributed by atoms with E-state index in [9.17, 15) is 4.79 Å². The fourth-order valence-corrected chi connectivity index (χ4v) is 4.91. The molecule has 0 fully saturated rings. The fraction of sp³-hybridized carbons (Fsp3) is 0.222. The monoisotopic (exact) mass is 415 g/mol. The molecule has 1 amide bonds. The smallest absolute Gasteiger partial charge is 0.236 e. The number of aryl methyl sites for hydroxylation is 3. The molecular formula is C18H17N5OS3. The van der Waals surface area contributed by atoms with Gasteiger partial charge in [0.15, 0.2) is 10.3 Å². The maximum atomic E-state index is 12.2. The Morgan fingerprint density at radius 2 is 2.07 bits per heavy atom. The summed E-state index contributed by atoms with van der Waals surface area (Å²) in [6.07, 6.45) is 1.75. The molecule has 0 saturated heterocycles. The third-order valence-corrected chi connectivity index (χ3v) is 6.70. The van der Waals surface area contributed by atoms with Crippen LogP contribution in [-0.4, -0.2) is 31.2 Å². The van der Waals surface area contributed by atoms with Crippen LogP contribution < -0.4 is 5.32 Å². The van der Waals surface area contributed by atoms with Gasteiger partial charge < -0.3 is 5.32 Å². The number of nitrogens with zero attached hydrogens (tertiary/aromatic N) is 4. The lowest BCUT2D eigenvalue weighted by Gasteiger charge is -2.06. The first kappa shape index (κ1) is 18.1. The predicted molar refractivity (Wildman–Crippen MR) is 112 cm³/mol. The van der Waals surface area contributed by atoms with Crippen molar-refractivity contribution >= 4 is 50.4 Å². The molecule has 0 aliphatic heterocycles. The van der Waals surface area contributed by atoms with Gasteiger partial charge in [0, 0.05) is 16.5 Å². The molecule has 0 aliphatic carbocycles. The number of thioether (sulfide) groups is 1. The molecule has 9 heteroatoms. The number of hydrogen-bond donors (Lipinski definition) is 1. The average Bonchev–Trinajstić information content (AvgIpc) is 3.33. The number of hydrogen-bond acceptors (Lipinski definition) is 7. The number of benzene rings is 1. The number of carbonyl (C=O) groups excluding carboxylic acids is 1. The van der Waals surface area contributed by atoms with Gasteiger partial charge in [-0.1, -0.05) is 23.9 Å². The SMILES string of the molecule is Cc1cnc(NC(=O)CSc2nnc3scc(-c4ccc(C)c(C)c4)n23)s1. The van der Waals surface area contributed by atoms with E-state index in [0.717, 1.165) is 21.1 Å². The van der Waals surface area contributed by atoms with Crippen LogP contribution in [0.2, 0.25) is 0 Å². The summed E-state index contributed by atoms with van der Waals surface area (Å²) in [5.41, 5.74) is 4.67. The van der Waals surface area contributed by atoms with Crippen LogP contribution in [0.4, 0.5) is 5.13 Å². The van der Waals surface area contributed by atoms with E-state index in [-0.39, 0.29) is 11.7 Å². The van der Waals surface area contributed by atoms with Crippen molar-refractivity contribution in [3.8, 4) is 11.3 Å². The maximum Gasteiger partial charge on any atom is 0.236 e. The van der Waals surface area contributed by atoms with Gasteiger partial charge in [-0.2, -0.15) is 0 Å². The second kappa shape index (κ2) is 7.41. The summed E-state index contributed by atoms with van der Waals surface area (Å²) < 4.78 is 2.01. The van der Waals surface area contributed by atoms with Crippen molar-refractivity contribution in [1.29, 1.82) is 0 Å². The van der Waals surface area contributed by atoms with Crippen LogP contribution in [0.15, 0.2) is 34.9 Å². The summed E-state index contributed by atoms with van der Waals surface area (Å²) in [4.78, 5) is 18.2. The van der Waals surface area contributed by atoms with Gasteiger partial charge in [-0.15, -0.1) is 32.9 Å². The standard InChI is InChI=1S/C18H17N5OS3/c1-10-4-5-13(6-11(10)2)14-8-25-17-21-22-18(23(14)17)26-9-15(24)20-16-19-7-12(3)27-16/h4-8H,9H2,1-3H3,(H,19,20,24). The van der Waals surface area contributed by atoms with Gasteiger partial charge in [-0.05, 0) is 43.5 Å². The number of amides is 1. The molecule has 6 nitrogen and oxygen atoms in total. The molecule has 4 aromatic rings. The van der Waals surface area contributed by atoms with Crippen LogP contribution in [0.1, 0.15) is 16.0 Å². The third kappa shape index (κ3) is 3.76. The van der Waals surface area contributed by atoms with E-state index in [1.165, 1.54) is 34.2 Å². The first-order valence-corrected chi connectivity index (χ1v) is 10.9. The highest BCUT2D eigenvalue weighted by Crippen LogP contribution is 2.31. The number of carbonyl (C=O) groups is 1. The van der Waals surface area contributed by atoms with E-state index in [1.807, 2.05) is 11.3 Å². The number of thiazole rings is 2. The van der Waals surface area contributed by atoms with E-state index in [2.05, 4.69) is 57.9 Å². The molecule has 1 aromatic carbocycles. The van der Waals surface area contributed by atoms with Gasteiger partial charge >= 0.3 is 0 Å². The van der Waals surface area contributed by atoms with Gasteiger partial charge in [0.25, 0.3) is 0 Å². The topological polar surface area (TPSA) is 72.2 Å². The Labute approximate surface area is 168 Å². The zero-order chi connectivity index (χ0) is 19.0. The molecule has 1 N–H and O–H groups in total. The van der Waals surface area contributed by atoms with Gasteiger partial charge in [0.2, 0.25) is 10.9 Å². The largest absolute Gasteiger partial charge is 0.301 e. The first-order valence-electron chi connectivity index (χ1n) is 8.26. The molecule has 3 heterocycles. The highest BCUT2D eigenvalue weighted by Gasteiger charge is 2.16. The molecule has 0 aliphatic rings. The zero-order valence-electron chi connectivity index (χ0n) is 15.0. The molecule has 0 bridgehead atoms. The number of aromatic nitrogens is 4. The minimum absolute atomic E-state index is 0.103. The Morgan fingerprint density at radius 3 is 2.81 bits per heavy atom. The van der Waals surface area contributed by atoms with Crippen molar-refractivity contribution in [3.05, 3.63) is 45.8 Å². The lowest BCUT2D eigenvalue weighted by Crippen LogP contribution is -2.14. The number of anilines is 1. The Bertz CT molecular complexity index is 1130.